The Morgan fingerprint density at radius 2 is 2.44 bits per heavy atom. The van der Waals surface area contributed by atoms with Gasteiger partial charge in [0.2, 0.25) is 0 Å². The van der Waals surface area contributed by atoms with E-state index in [9.17, 15) is 4.79 Å². The molecule has 0 aromatic carbocycles. The zero-order valence-electron chi connectivity index (χ0n) is 8.63. The number of nitrogens with zero attached hydrogens (tertiary/aromatic N) is 3. The number of hydrogen-bond acceptors (Lipinski definition) is 4. The van der Waals surface area contributed by atoms with Crippen LogP contribution in [0.4, 0.5) is 5.82 Å². The predicted octanol–water partition coefficient (Wildman–Crippen LogP) is 1.03. The van der Waals surface area contributed by atoms with Gasteiger partial charge < -0.3 is 10.0 Å². The number of nitriles is 1. The Balaban J connectivity index is 2.96. The van der Waals surface area contributed by atoms with Crippen molar-refractivity contribution in [1.29, 1.82) is 5.26 Å². The lowest BCUT2D eigenvalue weighted by atomic mass is 10.3. The van der Waals surface area contributed by atoms with Crippen LogP contribution in [0.25, 0.3) is 0 Å². The highest BCUT2D eigenvalue weighted by molar-refractivity contribution is 5.73. The molecule has 0 amide bonds. The maximum atomic E-state index is 10.6. The molecular weight excluding hydrogens is 206 g/mol. The molecule has 0 atom stereocenters. The summed E-state index contributed by atoms with van der Waals surface area (Å²) in [5.41, 5.74) is 0.261. The zero-order chi connectivity index (χ0) is 12.0. The van der Waals surface area contributed by atoms with Crippen molar-refractivity contribution in [3.8, 4) is 6.07 Å². The fourth-order valence-corrected chi connectivity index (χ4v) is 1.22. The minimum atomic E-state index is -0.953. The third-order valence-corrected chi connectivity index (χ3v) is 1.85. The molecule has 0 aliphatic carbocycles. The van der Waals surface area contributed by atoms with E-state index >= 15 is 0 Å². The van der Waals surface area contributed by atoms with Gasteiger partial charge in [0.1, 0.15) is 24.1 Å². The van der Waals surface area contributed by atoms with Gasteiger partial charge in [-0.15, -0.1) is 6.58 Å². The largest absolute Gasteiger partial charge is 0.480 e. The molecule has 0 bridgehead atoms. The van der Waals surface area contributed by atoms with Crippen LogP contribution in [0.2, 0.25) is 0 Å². The third-order valence-electron chi connectivity index (χ3n) is 1.85. The normalized spacial score (nSPS) is 9.19. The number of aliphatic carboxylic acids is 1. The van der Waals surface area contributed by atoms with E-state index < -0.39 is 5.97 Å². The van der Waals surface area contributed by atoms with E-state index in [4.69, 9.17) is 10.4 Å². The van der Waals surface area contributed by atoms with Crippen molar-refractivity contribution in [2.45, 2.75) is 0 Å². The summed E-state index contributed by atoms with van der Waals surface area (Å²) < 4.78 is 0. The molecule has 0 aliphatic heterocycles. The number of rotatable bonds is 5. The first kappa shape index (κ1) is 11.7. The van der Waals surface area contributed by atoms with Crippen LogP contribution < -0.4 is 4.90 Å². The SMILES string of the molecule is C=CCN(CC(=O)O)c1cccc(C#N)n1. The maximum Gasteiger partial charge on any atom is 0.323 e. The number of carboxylic acids is 1. The van der Waals surface area contributed by atoms with E-state index in [1.54, 1.807) is 24.3 Å². The van der Waals surface area contributed by atoms with Crippen LogP contribution in [0.1, 0.15) is 5.69 Å². The Morgan fingerprint density at radius 3 is 3.00 bits per heavy atom. The average molecular weight is 217 g/mol. The average Bonchev–Trinajstić information content (AvgIpc) is 2.28. The standard InChI is InChI=1S/C11H11N3O2/c1-2-6-14(8-11(15)16)10-5-3-4-9(7-12)13-10/h2-5H,1,6,8H2,(H,15,16). The van der Waals surface area contributed by atoms with Crippen molar-refractivity contribution in [2.75, 3.05) is 18.0 Å². The Labute approximate surface area is 93.3 Å². The minimum absolute atomic E-state index is 0.173. The molecular formula is C11H11N3O2. The lowest BCUT2D eigenvalue weighted by Crippen LogP contribution is -2.30. The Bertz CT molecular complexity index is 437. The molecule has 0 aliphatic rings. The second kappa shape index (κ2) is 5.51. The van der Waals surface area contributed by atoms with Gasteiger partial charge in [-0.25, -0.2) is 4.98 Å². The van der Waals surface area contributed by atoms with Gasteiger partial charge in [-0.2, -0.15) is 5.26 Å². The minimum Gasteiger partial charge on any atom is -0.480 e. The molecule has 0 saturated heterocycles. The third kappa shape index (κ3) is 3.10. The van der Waals surface area contributed by atoms with Crippen molar-refractivity contribution in [3.05, 3.63) is 36.5 Å². The molecule has 5 nitrogen and oxygen atoms in total. The van der Waals surface area contributed by atoms with Crippen LogP contribution in [-0.4, -0.2) is 29.1 Å². The Morgan fingerprint density at radius 1 is 1.69 bits per heavy atom. The molecule has 1 N–H and O–H groups in total. The van der Waals surface area contributed by atoms with Gasteiger partial charge in [-0.1, -0.05) is 12.1 Å². The molecule has 1 aromatic heterocycles. The second-order valence-electron chi connectivity index (χ2n) is 3.06. The molecule has 0 spiro atoms. The second-order valence-corrected chi connectivity index (χ2v) is 3.06. The molecule has 1 aromatic rings. The highest BCUT2D eigenvalue weighted by Gasteiger charge is 2.10. The fraction of sp³-hybridized carbons (Fsp3) is 0.182. The summed E-state index contributed by atoms with van der Waals surface area (Å²) in [4.78, 5) is 16.2. The summed E-state index contributed by atoms with van der Waals surface area (Å²) in [6.07, 6.45) is 1.59. The van der Waals surface area contributed by atoms with Crippen molar-refractivity contribution in [2.24, 2.45) is 0 Å². The van der Waals surface area contributed by atoms with E-state index in [-0.39, 0.29) is 12.2 Å². The number of hydrogen-bond donors (Lipinski definition) is 1. The van der Waals surface area contributed by atoms with Gasteiger partial charge in [0.25, 0.3) is 0 Å². The summed E-state index contributed by atoms with van der Waals surface area (Å²) in [5.74, 6) is -0.493. The molecule has 0 fully saturated rings. The molecule has 1 rings (SSSR count). The maximum absolute atomic E-state index is 10.6. The molecule has 5 heteroatoms. The van der Waals surface area contributed by atoms with Crippen LogP contribution in [0.5, 0.6) is 0 Å². The van der Waals surface area contributed by atoms with Gasteiger partial charge in [0.05, 0.1) is 0 Å². The van der Waals surface area contributed by atoms with Crippen molar-refractivity contribution >= 4 is 11.8 Å². The van der Waals surface area contributed by atoms with Crippen LogP contribution in [-0.2, 0) is 4.79 Å². The van der Waals surface area contributed by atoms with Gasteiger partial charge in [0.15, 0.2) is 0 Å². The first-order valence-electron chi connectivity index (χ1n) is 4.62. The number of anilines is 1. The van der Waals surface area contributed by atoms with Gasteiger partial charge in [-0.3, -0.25) is 4.79 Å². The molecule has 82 valence electrons. The summed E-state index contributed by atoms with van der Waals surface area (Å²) in [7, 11) is 0. The Kier molecular flexibility index (Phi) is 4.04. The van der Waals surface area contributed by atoms with E-state index in [2.05, 4.69) is 11.6 Å². The van der Waals surface area contributed by atoms with E-state index in [0.717, 1.165) is 0 Å². The number of carboxylic acid groups (broad SMARTS) is 1. The number of carbonyl (C=O) groups is 1. The number of aromatic nitrogens is 1. The van der Waals surface area contributed by atoms with E-state index in [1.807, 2.05) is 6.07 Å². The predicted molar refractivity (Wildman–Crippen MR) is 59.0 cm³/mol. The molecule has 0 radical (unpaired) electrons. The smallest absolute Gasteiger partial charge is 0.323 e. The molecule has 16 heavy (non-hydrogen) atoms. The zero-order valence-corrected chi connectivity index (χ0v) is 8.63. The van der Waals surface area contributed by atoms with Gasteiger partial charge >= 0.3 is 5.97 Å². The van der Waals surface area contributed by atoms with Crippen LogP contribution >= 0.6 is 0 Å². The van der Waals surface area contributed by atoms with Gasteiger partial charge in [0, 0.05) is 6.54 Å². The summed E-state index contributed by atoms with van der Waals surface area (Å²) in [6, 6.07) is 6.80. The number of pyridine rings is 1. The van der Waals surface area contributed by atoms with Crippen molar-refractivity contribution in [1.82, 2.24) is 4.98 Å². The Hall–Kier alpha value is -2.35. The van der Waals surface area contributed by atoms with Crippen LogP contribution in [0, 0.1) is 11.3 Å². The fourth-order valence-electron chi connectivity index (χ4n) is 1.22. The van der Waals surface area contributed by atoms with Crippen molar-refractivity contribution < 1.29 is 9.90 Å². The first-order valence-corrected chi connectivity index (χ1v) is 4.62. The monoisotopic (exact) mass is 217 g/mol. The summed E-state index contributed by atoms with van der Waals surface area (Å²) in [6.45, 7) is 3.74. The van der Waals surface area contributed by atoms with Crippen LogP contribution in [0.15, 0.2) is 30.9 Å². The van der Waals surface area contributed by atoms with E-state index in [1.165, 1.54) is 4.90 Å². The molecule has 1 heterocycles. The lowest BCUT2D eigenvalue weighted by Gasteiger charge is -2.19. The quantitative estimate of drug-likeness (QED) is 0.745. The highest BCUT2D eigenvalue weighted by Crippen LogP contribution is 2.10. The topological polar surface area (TPSA) is 77.2 Å². The molecule has 0 saturated carbocycles. The van der Waals surface area contributed by atoms with E-state index in [0.29, 0.717) is 12.4 Å². The van der Waals surface area contributed by atoms with Gasteiger partial charge in [-0.05, 0) is 12.1 Å². The highest BCUT2D eigenvalue weighted by atomic mass is 16.4. The lowest BCUT2D eigenvalue weighted by molar-refractivity contribution is -0.135. The summed E-state index contributed by atoms with van der Waals surface area (Å²) in [5, 5.41) is 17.4. The van der Waals surface area contributed by atoms with Crippen molar-refractivity contribution in [3.63, 3.8) is 0 Å². The van der Waals surface area contributed by atoms with Crippen LogP contribution in [0.3, 0.4) is 0 Å². The molecule has 0 unspecified atom stereocenters. The summed E-state index contributed by atoms with van der Waals surface area (Å²) >= 11 is 0. The first-order chi connectivity index (χ1) is 7.67.